The van der Waals surface area contributed by atoms with Crippen molar-refractivity contribution in [2.24, 2.45) is 0 Å². The van der Waals surface area contributed by atoms with E-state index in [1.165, 1.54) is 11.1 Å². The fourth-order valence-electron chi connectivity index (χ4n) is 2.30. The van der Waals surface area contributed by atoms with Crippen molar-refractivity contribution in [2.75, 3.05) is 6.54 Å². The smallest absolute Gasteiger partial charge is 0.145 e. The second kappa shape index (κ2) is 7.89. The Morgan fingerprint density at radius 3 is 2.19 bits per heavy atom. The van der Waals surface area contributed by atoms with Gasteiger partial charge in [-0.1, -0.05) is 38.1 Å². The van der Waals surface area contributed by atoms with Gasteiger partial charge >= 0.3 is 0 Å². The number of hydrogen-bond acceptors (Lipinski definition) is 3. The van der Waals surface area contributed by atoms with E-state index in [1.807, 2.05) is 19.3 Å². The highest BCUT2D eigenvalue weighted by atomic mass is 15.0. The van der Waals surface area contributed by atoms with Crippen LogP contribution in [0.25, 0.3) is 0 Å². The molecule has 2 aromatic rings. The third kappa shape index (κ3) is 4.64. The summed E-state index contributed by atoms with van der Waals surface area (Å²) in [6.45, 7) is 7.35. The predicted octanol–water partition coefficient (Wildman–Crippen LogP) is 3.63. The van der Waals surface area contributed by atoms with Gasteiger partial charge in [0.2, 0.25) is 0 Å². The first-order chi connectivity index (χ1) is 10.2. The minimum absolute atomic E-state index is 0.179. The van der Waals surface area contributed by atoms with E-state index in [0.717, 1.165) is 37.2 Å². The van der Waals surface area contributed by atoms with Gasteiger partial charge in [0.25, 0.3) is 0 Å². The monoisotopic (exact) mass is 283 g/mol. The lowest BCUT2D eigenvalue weighted by Crippen LogP contribution is -2.26. The fourth-order valence-corrected chi connectivity index (χ4v) is 2.30. The Bertz CT molecular complexity index is 531. The second-order valence-corrected chi connectivity index (χ2v) is 5.50. The minimum atomic E-state index is 0.179. The molecule has 0 saturated carbocycles. The first-order valence-electron chi connectivity index (χ1n) is 7.82. The third-order valence-corrected chi connectivity index (χ3v) is 3.62. The van der Waals surface area contributed by atoms with Crippen LogP contribution in [0.2, 0.25) is 0 Å². The molecule has 3 heteroatoms. The van der Waals surface area contributed by atoms with Gasteiger partial charge in [0.1, 0.15) is 5.82 Å². The maximum Gasteiger partial charge on any atom is 0.145 e. The van der Waals surface area contributed by atoms with E-state index in [9.17, 15) is 0 Å². The summed E-state index contributed by atoms with van der Waals surface area (Å²) >= 11 is 0. The van der Waals surface area contributed by atoms with Crippen LogP contribution in [0.1, 0.15) is 48.8 Å². The number of aryl methyl sites for hydroxylation is 2. The fraction of sp³-hybridized carbons (Fsp3) is 0.444. The molecule has 1 unspecified atom stereocenters. The molecule has 1 aromatic carbocycles. The number of rotatable bonds is 7. The first kappa shape index (κ1) is 15.6. The normalized spacial score (nSPS) is 12.3. The van der Waals surface area contributed by atoms with Gasteiger partial charge in [-0.25, -0.2) is 9.97 Å². The van der Waals surface area contributed by atoms with E-state index in [4.69, 9.17) is 0 Å². The second-order valence-electron chi connectivity index (χ2n) is 5.50. The molecule has 1 atom stereocenters. The summed E-state index contributed by atoms with van der Waals surface area (Å²) in [5.41, 5.74) is 3.80. The molecule has 0 saturated heterocycles. The van der Waals surface area contributed by atoms with Crippen molar-refractivity contribution < 1.29 is 0 Å². The Labute approximate surface area is 127 Å². The van der Waals surface area contributed by atoms with Gasteiger partial charge < -0.3 is 5.32 Å². The summed E-state index contributed by atoms with van der Waals surface area (Å²) in [7, 11) is 0. The largest absolute Gasteiger partial charge is 0.307 e. The van der Waals surface area contributed by atoms with Crippen molar-refractivity contribution in [3.8, 4) is 0 Å². The van der Waals surface area contributed by atoms with Crippen LogP contribution in [0.5, 0.6) is 0 Å². The molecule has 2 rings (SSSR count). The van der Waals surface area contributed by atoms with Crippen LogP contribution in [0.15, 0.2) is 36.7 Å². The molecule has 0 spiro atoms. The number of benzene rings is 1. The molecule has 0 aliphatic rings. The highest BCUT2D eigenvalue weighted by molar-refractivity contribution is 5.24. The summed E-state index contributed by atoms with van der Waals surface area (Å²) in [6, 6.07) is 9.03. The van der Waals surface area contributed by atoms with Gasteiger partial charge in [-0.15, -0.1) is 0 Å². The molecule has 0 aliphatic carbocycles. The van der Waals surface area contributed by atoms with Crippen molar-refractivity contribution >= 4 is 0 Å². The zero-order valence-corrected chi connectivity index (χ0v) is 13.3. The third-order valence-electron chi connectivity index (χ3n) is 3.62. The van der Waals surface area contributed by atoms with E-state index < -0.39 is 0 Å². The lowest BCUT2D eigenvalue weighted by Gasteiger charge is -2.17. The molecule has 0 radical (unpaired) electrons. The number of nitrogens with zero attached hydrogens (tertiary/aromatic N) is 2. The SMILES string of the molecule is CCCNC(Cc1ccc(CC)cc1)c1ncc(C)cn1. The van der Waals surface area contributed by atoms with Gasteiger partial charge in [-0.3, -0.25) is 0 Å². The topological polar surface area (TPSA) is 37.8 Å². The first-order valence-corrected chi connectivity index (χ1v) is 7.82. The zero-order chi connectivity index (χ0) is 15.1. The van der Waals surface area contributed by atoms with E-state index in [0.29, 0.717) is 0 Å². The highest BCUT2D eigenvalue weighted by Crippen LogP contribution is 2.16. The van der Waals surface area contributed by atoms with Gasteiger partial charge in [-0.2, -0.15) is 0 Å². The van der Waals surface area contributed by atoms with Crippen LogP contribution in [-0.2, 0) is 12.8 Å². The van der Waals surface area contributed by atoms with Gasteiger partial charge in [0.05, 0.1) is 6.04 Å². The maximum absolute atomic E-state index is 4.49. The lowest BCUT2D eigenvalue weighted by atomic mass is 10.0. The van der Waals surface area contributed by atoms with Crippen LogP contribution < -0.4 is 5.32 Å². The Morgan fingerprint density at radius 1 is 1.00 bits per heavy atom. The summed E-state index contributed by atoms with van der Waals surface area (Å²) < 4.78 is 0. The van der Waals surface area contributed by atoms with Crippen LogP contribution in [0.3, 0.4) is 0 Å². The molecule has 3 nitrogen and oxygen atoms in total. The van der Waals surface area contributed by atoms with Crippen LogP contribution in [0, 0.1) is 6.92 Å². The molecule has 112 valence electrons. The quantitative estimate of drug-likeness (QED) is 0.843. The van der Waals surface area contributed by atoms with Crippen molar-refractivity contribution in [3.63, 3.8) is 0 Å². The summed E-state index contributed by atoms with van der Waals surface area (Å²) in [6.07, 6.45) is 6.90. The molecular weight excluding hydrogens is 258 g/mol. The Balaban J connectivity index is 2.13. The average Bonchev–Trinajstić information content (AvgIpc) is 2.53. The lowest BCUT2D eigenvalue weighted by molar-refractivity contribution is 0.504. The summed E-state index contributed by atoms with van der Waals surface area (Å²) in [4.78, 5) is 8.98. The molecule has 1 heterocycles. The van der Waals surface area contributed by atoms with E-state index >= 15 is 0 Å². The molecular formula is C18H25N3. The van der Waals surface area contributed by atoms with Crippen molar-refractivity contribution in [3.05, 3.63) is 59.2 Å². The van der Waals surface area contributed by atoms with Gasteiger partial charge in [0, 0.05) is 12.4 Å². The molecule has 0 aliphatic heterocycles. The summed E-state index contributed by atoms with van der Waals surface area (Å²) in [5.74, 6) is 0.883. The minimum Gasteiger partial charge on any atom is -0.307 e. The number of hydrogen-bond donors (Lipinski definition) is 1. The zero-order valence-electron chi connectivity index (χ0n) is 13.3. The predicted molar refractivity (Wildman–Crippen MR) is 87.3 cm³/mol. The molecule has 1 aromatic heterocycles. The van der Waals surface area contributed by atoms with Crippen LogP contribution >= 0.6 is 0 Å². The number of nitrogens with one attached hydrogen (secondary N) is 1. The number of aromatic nitrogens is 2. The van der Waals surface area contributed by atoms with Gasteiger partial charge in [-0.05, 0) is 49.4 Å². The van der Waals surface area contributed by atoms with E-state index in [1.54, 1.807) is 0 Å². The molecule has 0 amide bonds. The molecule has 1 N–H and O–H groups in total. The summed E-state index contributed by atoms with van der Waals surface area (Å²) in [5, 5.41) is 3.56. The average molecular weight is 283 g/mol. The van der Waals surface area contributed by atoms with E-state index in [2.05, 4.69) is 53.4 Å². The standard InChI is InChI=1S/C18H25N3/c1-4-10-19-17(18-20-12-14(3)13-21-18)11-16-8-6-15(5-2)7-9-16/h6-9,12-13,17,19H,4-5,10-11H2,1-3H3. The van der Waals surface area contributed by atoms with Crippen molar-refractivity contribution in [1.29, 1.82) is 0 Å². The van der Waals surface area contributed by atoms with E-state index in [-0.39, 0.29) is 6.04 Å². The van der Waals surface area contributed by atoms with Crippen LogP contribution in [0.4, 0.5) is 0 Å². The Hall–Kier alpha value is -1.74. The van der Waals surface area contributed by atoms with Crippen LogP contribution in [-0.4, -0.2) is 16.5 Å². The van der Waals surface area contributed by atoms with Gasteiger partial charge in [0.15, 0.2) is 0 Å². The molecule has 0 fully saturated rings. The molecule has 21 heavy (non-hydrogen) atoms. The van der Waals surface area contributed by atoms with Crippen molar-refractivity contribution in [1.82, 2.24) is 15.3 Å². The molecule has 0 bridgehead atoms. The Kier molecular flexibility index (Phi) is 5.88. The Morgan fingerprint density at radius 2 is 1.62 bits per heavy atom. The maximum atomic E-state index is 4.49. The van der Waals surface area contributed by atoms with Crippen molar-refractivity contribution in [2.45, 2.75) is 46.1 Å². The highest BCUT2D eigenvalue weighted by Gasteiger charge is 2.14.